The summed E-state index contributed by atoms with van der Waals surface area (Å²) in [4.78, 5) is 18.2. The molecule has 0 spiro atoms. The predicted octanol–water partition coefficient (Wildman–Crippen LogP) is 2.02. The van der Waals surface area contributed by atoms with E-state index in [0.29, 0.717) is 6.42 Å². The standard InChI is InChI=1S/C12H19N3O2S/c1-3-10-13-12(18-14-10)15-7-5-4-6-9(15)8-11(16)17-2/h9H,3-8H2,1-2H3. The summed E-state index contributed by atoms with van der Waals surface area (Å²) in [7, 11) is 1.44. The summed E-state index contributed by atoms with van der Waals surface area (Å²) in [5.41, 5.74) is 0. The molecule has 1 aromatic rings. The lowest BCUT2D eigenvalue weighted by Crippen LogP contribution is -2.41. The molecule has 1 fully saturated rings. The number of methoxy groups -OCH3 is 1. The summed E-state index contributed by atoms with van der Waals surface area (Å²) in [5.74, 6) is 0.740. The number of ether oxygens (including phenoxy) is 1. The molecule has 1 aliphatic heterocycles. The van der Waals surface area contributed by atoms with E-state index in [1.807, 2.05) is 6.92 Å². The average molecular weight is 269 g/mol. The molecule has 0 saturated carbocycles. The third-order valence-corrected chi connectivity index (χ3v) is 4.07. The predicted molar refractivity (Wildman–Crippen MR) is 70.9 cm³/mol. The highest BCUT2D eigenvalue weighted by Crippen LogP contribution is 2.28. The molecule has 5 nitrogen and oxygen atoms in total. The molecule has 2 heterocycles. The van der Waals surface area contributed by atoms with E-state index < -0.39 is 0 Å². The van der Waals surface area contributed by atoms with E-state index in [9.17, 15) is 4.79 Å². The maximum atomic E-state index is 11.4. The zero-order valence-electron chi connectivity index (χ0n) is 10.9. The van der Waals surface area contributed by atoms with Crippen molar-refractivity contribution in [1.29, 1.82) is 0 Å². The van der Waals surface area contributed by atoms with Gasteiger partial charge in [0.05, 0.1) is 13.5 Å². The molecule has 1 aromatic heterocycles. The number of anilines is 1. The van der Waals surface area contributed by atoms with Crippen LogP contribution in [0.2, 0.25) is 0 Å². The van der Waals surface area contributed by atoms with Gasteiger partial charge in [-0.25, -0.2) is 4.98 Å². The van der Waals surface area contributed by atoms with Gasteiger partial charge in [-0.3, -0.25) is 4.79 Å². The van der Waals surface area contributed by atoms with Crippen molar-refractivity contribution >= 4 is 22.6 Å². The first-order valence-corrected chi connectivity index (χ1v) is 7.18. The normalized spacial score (nSPS) is 19.9. The summed E-state index contributed by atoms with van der Waals surface area (Å²) >= 11 is 1.43. The summed E-state index contributed by atoms with van der Waals surface area (Å²) in [6, 6.07) is 0.212. The highest BCUT2D eigenvalue weighted by molar-refractivity contribution is 7.09. The topological polar surface area (TPSA) is 55.3 Å². The van der Waals surface area contributed by atoms with Crippen LogP contribution in [0, 0.1) is 0 Å². The highest BCUT2D eigenvalue weighted by atomic mass is 32.1. The summed E-state index contributed by atoms with van der Waals surface area (Å²) in [6.45, 7) is 3.01. The molecule has 100 valence electrons. The summed E-state index contributed by atoms with van der Waals surface area (Å²) in [5, 5.41) is 0.945. The van der Waals surface area contributed by atoms with E-state index in [1.54, 1.807) is 0 Å². The molecule has 0 radical (unpaired) electrons. The molecule has 1 unspecified atom stereocenters. The monoisotopic (exact) mass is 269 g/mol. The lowest BCUT2D eigenvalue weighted by molar-refractivity contribution is -0.141. The lowest BCUT2D eigenvalue weighted by Gasteiger charge is -2.34. The molecule has 0 bridgehead atoms. The second kappa shape index (κ2) is 6.13. The Morgan fingerprint density at radius 1 is 1.56 bits per heavy atom. The van der Waals surface area contributed by atoms with E-state index in [4.69, 9.17) is 4.74 Å². The highest BCUT2D eigenvalue weighted by Gasteiger charge is 2.27. The number of nitrogens with zero attached hydrogens (tertiary/aromatic N) is 3. The maximum Gasteiger partial charge on any atom is 0.307 e. The van der Waals surface area contributed by atoms with Gasteiger partial charge in [0, 0.05) is 30.5 Å². The molecular weight excluding hydrogens is 250 g/mol. The number of hydrogen-bond acceptors (Lipinski definition) is 6. The minimum atomic E-state index is -0.146. The molecule has 1 atom stereocenters. The molecule has 2 rings (SSSR count). The van der Waals surface area contributed by atoms with Crippen LogP contribution >= 0.6 is 11.5 Å². The first kappa shape index (κ1) is 13.3. The lowest BCUT2D eigenvalue weighted by atomic mass is 10.00. The van der Waals surface area contributed by atoms with Gasteiger partial charge in [0.25, 0.3) is 0 Å². The number of hydrogen-bond donors (Lipinski definition) is 0. The Balaban J connectivity index is 2.09. The van der Waals surface area contributed by atoms with E-state index in [0.717, 1.165) is 43.2 Å². The molecule has 18 heavy (non-hydrogen) atoms. The summed E-state index contributed by atoms with van der Waals surface area (Å²) in [6.07, 6.45) is 4.63. The van der Waals surface area contributed by atoms with Crippen molar-refractivity contribution in [2.45, 2.75) is 45.1 Å². The largest absolute Gasteiger partial charge is 0.469 e. The molecule has 0 aliphatic carbocycles. The van der Waals surface area contributed by atoms with Crippen LogP contribution < -0.4 is 4.90 Å². The van der Waals surface area contributed by atoms with Gasteiger partial charge in [-0.15, -0.1) is 0 Å². The van der Waals surface area contributed by atoms with Gasteiger partial charge in [0.1, 0.15) is 5.82 Å². The Bertz CT molecular complexity index is 408. The van der Waals surface area contributed by atoms with E-state index in [2.05, 4.69) is 14.3 Å². The number of rotatable bonds is 4. The Kier molecular flexibility index (Phi) is 4.52. The zero-order chi connectivity index (χ0) is 13.0. The van der Waals surface area contributed by atoms with Crippen LogP contribution in [0.3, 0.4) is 0 Å². The van der Waals surface area contributed by atoms with Gasteiger partial charge in [-0.05, 0) is 19.3 Å². The summed E-state index contributed by atoms with van der Waals surface area (Å²) < 4.78 is 9.08. The quantitative estimate of drug-likeness (QED) is 0.783. The fourth-order valence-electron chi connectivity index (χ4n) is 2.25. The van der Waals surface area contributed by atoms with E-state index in [1.165, 1.54) is 18.6 Å². The minimum absolute atomic E-state index is 0.146. The van der Waals surface area contributed by atoms with Crippen molar-refractivity contribution in [1.82, 2.24) is 9.36 Å². The van der Waals surface area contributed by atoms with Crippen molar-refractivity contribution in [3.05, 3.63) is 5.82 Å². The number of carbonyl (C=O) groups is 1. The Labute approximate surface area is 111 Å². The van der Waals surface area contributed by atoms with Gasteiger partial charge >= 0.3 is 5.97 Å². The van der Waals surface area contributed by atoms with Crippen LogP contribution in [0.4, 0.5) is 5.13 Å². The maximum absolute atomic E-state index is 11.4. The molecule has 0 aromatic carbocycles. The first-order chi connectivity index (χ1) is 8.74. The minimum Gasteiger partial charge on any atom is -0.469 e. The van der Waals surface area contributed by atoms with E-state index in [-0.39, 0.29) is 12.0 Å². The van der Waals surface area contributed by atoms with Crippen LogP contribution in [0.15, 0.2) is 0 Å². The third-order valence-electron chi connectivity index (χ3n) is 3.28. The van der Waals surface area contributed by atoms with Crippen molar-refractivity contribution in [2.24, 2.45) is 0 Å². The molecule has 0 N–H and O–H groups in total. The Morgan fingerprint density at radius 2 is 2.39 bits per heavy atom. The van der Waals surface area contributed by atoms with Crippen molar-refractivity contribution in [3.63, 3.8) is 0 Å². The Hall–Kier alpha value is -1.17. The van der Waals surface area contributed by atoms with Crippen LogP contribution in [-0.4, -0.2) is 35.0 Å². The SMILES string of the molecule is CCc1nsc(N2CCCCC2CC(=O)OC)n1. The molecular formula is C12H19N3O2S. The van der Waals surface area contributed by atoms with Crippen LogP contribution in [0.1, 0.15) is 38.4 Å². The second-order valence-corrected chi connectivity index (χ2v) is 5.20. The second-order valence-electron chi connectivity index (χ2n) is 4.47. The third kappa shape index (κ3) is 2.98. The number of carbonyl (C=O) groups excluding carboxylic acids is 1. The number of aromatic nitrogens is 2. The van der Waals surface area contributed by atoms with Gasteiger partial charge in [-0.2, -0.15) is 4.37 Å². The zero-order valence-corrected chi connectivity index (χ0v) is 11.7. The van der Waals surface area contributed by atoms with Crippen molar-refractivity contribution < 1.29 is 9.53 Å². The average Bonchev–Trinajstić information content (AvgIpc) is 2.88. The van der Waals surface area contributed by atoms with Crippen LogP contribution in [0.25, 0.3) is 0 Å². The Morgan fingerprint density at radius 3 is 3.06 bits per heavy atom. The van der Waals surface area contributed by atoms with Gasteiger partial charge in [-0.1, -0.05) is 6.92 Å². The van der Waals surface area contributed by atoms with Gasteiger partial charge in [0.2, 0.25) is 5.13 Å². The smallest absolute Gasteiger partial charge is 0.307 e. The fourth-order valence-corrected chi connectivity index (χ4v) is 3.09. The number of aryl methyl sites for hydroxylation is 1. The molecule has 1 aliphatic rings. The van der Waals surface area contributed by atoms with Crippen molar-refractivity contribution in [3.8, 4) is 0 Å². The van der Waals surface area contributed by atoms with Gasteiger partial charge < -0.3 is 9.64 Å². The van der Waals surface area contributed by atoms with Crippen molar-refractivity contribution in [2.75, 3.05) is 18.6 Å². The van der Waals surface area contributed by atoms with E-state index >= 15 is 0 Å². The number of esters is 1. The molecule has 6 heteroatoms. The number of piperidine rings is 1. The fraction of sp³-hybridized carbons (Fsp3) is 0.750. The van der Waals surface area contributed by atoms with Gasteiger partial charge in [0.15, 0.2) is 0 Å². The molecule has 1 saturated heterocycles. The first-order valence-electron chi connectivity index (χ1n) is 6.40. The molecule has 0 amide bonds. The van der Waals surface area contributed by atoms with Crippen LogP contribution in [-0.2, 0) is 16.0 Å². The van der Waals surface area contributed by atoms with Crippen LogP contribution in [0.5, 0.6) is 0 Å².